The van der Waals surface area contributed by atoms with E-state index in [1.165, 1.54) is 11.6 Å². The molecule has 118 valence electrons. The third kappa shape index (κ3) is 3.70. The molecule has 0 spiro atoms. The average molecular weight is 306 g/mol. The topological polar surface area (TPSA) is 119 Å². The van der Waals surface area contributed by atoms with Crippen LogP contribution >= 0.6 is 0 Å². The number of carbonyl (C=O) groups is 2. The molecule has 7 nitrogen and oxygen atoms in total. The first-order valence-corrected chi connectivity index (χ1v) is 6.90. The van der Waals surface area contributed by atoms with Crippen LogP contribution < -0.4 is 10.8 Å². The second-order valence-electron chi connectivity index (χ2n) is 5.10. The number of carbonyl (C=O) groups excluding carboxylic acids is 1. The van der Waals surface area contributed by atoms with Gasteiger partial charge in [0, 0.05) is 12.1 Å². The maximum Gasteiger partial charge on any atom is 0.323 e. The lowest BCUT2D eigenvalue weighted by atomic mass is 10.0. The van der Waals surface area contributed by atoms with Crippen LogP contribution in [0.2, 0.25) is 0 Å². The molecule has 0 aromatic heterocycles. The fourth-order valence-corrected chi connectivity index (χ4v) is 2.57. The number of fused-ring (bicyclic) bond motifs is 1. The molecule has 1 aromatic carbocycles. The molecule has 22 heavy (non-hydrogen) atoms. The zero-order chi connectivity index (χ0) is 16.1. The standard InChI is InChI=1S/C15H18N2O5/c18-8-13(15(20)21)16-12-5-3-10-7-9(1-4-11(10)12)2-6-14(19)17-22/h1-2,4,6-7,12-13,16,18,22H,3,5,8H2,(H,17,19)(H,20,21)/b6-2+. The van der Waals surface area contributed by atoms with Gasteiger partial charge >= 0.3 is 5.97 Å². The summed E-state index contributed by atoms with van der Waals surface area (Å²) in [5, 5.41) is 29.4. The van der Waals surface area contributed by atoms with Crippen molar-refractivity contribution in [3.8, 4) is 0 Å². The molecule has 1 aromatic rings. The van der Waals surface area contributed by atoms with Crippen molar-refractivity contribution in [2.45, 2.75) is 24.9 Å². The highest BCUT2D eigenvalue weighted by Gasteiger charge is 2.27. The Balaban J connectivity index is 2.11. The number of benzene rings is 1. The van der Waals surface area contributed by atoms with Gasteiger partial charge in [-0.25, -0.2) is 5.48 Å². The number of carboxylic acids is 1. The van der Waals surface area contributed by atoms with Crippen molar-refractivity contribution in [3.63, 3.8) is 0 Å². The van der Waals surface area contributed by atoms with E-state index in [1.807, 2.05) is 18.2 Å². The van der Waals surface area contributed by atoms with Gasteiger partial charge in [-0.2, -0.15) is 0 Å². The number of aryl methyl sites for hydroxylation is 1. The Morgan fingerprint density at radius 1 is 1.41 bits per heavy atom. The Bertz CT molecular complexity index is 600. The number of amides is 1. The van der Waals surface area contributed by atoms with Crippen molar-refractivity contribution >= 4 is 18.0 Å². The van der Waals surface area contributed by atoms with Crippen molar-refractivity contribution in [1.29, 1.82) is 0 Å². The van der Waals surface area contributed by atoms with Crippen LogP contribution in [0.25, 0.3) is 6.08 Å². The first kappa shape index (κ1) is 16.2. The van der Waals surface area contributed by atoms with E-state index in [4.69, 9.17) is 15.4 Å². The minimum absolute atomic E-state index is 0.109. The van der Waals surface area contributed by atoms with Crippen LogP contribution in [0.4, 0.5) is 0 Å². The number of carboxylic acid groups (broad SMARTS) is 1. The van der Waals surface area contributed by atoms with Gasteiger partial charge in [0.1, 0.15) is 6.04 Å². The SMILES string of the molecule is O=C(/C=C/c1ccc2c(c1)CCC2NC(CO)C(=O)O)NO. The van der Waals surface area contributed by atoms with Gasteiger partial charge in [0.2, 0.25) is 0 Å². The van der Waals surface area contributed by atoms with Crippen molar-refractivity contribution < 1.29 is 25.0 Å². The summed E-state index contributed by atoms with van der Waals surface area (Å²) in [4.78, 5) is 21.9. The highest BCUT2D eigenvalue weighted by Crippen LogP contribution is 2.32. The second-order valence-corrected chi connectivity index (χ2v) is 5.10. The molecule has 0 radical (unpaired) electrons. The monoisotopic (exact) mass is 306 g/mol. The summed E-state index contributed by atoms with van der Waals surface area (Å²) in [7, 11) is 0. The van der Waals surface area contributed by atoms with Crippen molar-refractivity contribution in [3.05, 3.63) is 41.0 Å². The van der Waals surface area contributed by atoms with E-state index in [1.54, 1.807) is 6.08 Å². The van der Waals surface area contributed by atoms with E-state index in [0.29, 0.717) is 0 Å². The molecule has 2 atom stereocenters. The van der Waals surface area contributed by atoms with E-state index in [9.17, 15) is 9.59 Å². The molecule has 5 N–H and O–H groups in total. The predicted octanol–water partition coefficient (Wildman–Crippen LogP) is 0.228. The van der Waals surface area contributed by atoms with Crippen LogP contribution in [0.1, 0.15) is 29.2 Å². The van der Waals surface area contributed by atoms with Crippen LogP contribution in [0.5, 0.6) is 0 Å². The number of hydrogen-bond donors (Lipinski definition) is 5. The first-order chi connectivity index (χ1) is 10.5. The highest BCUT2D eigenvalue weighted by atomic mass is 16.5. The summed E-state index contributed by atoms with van der Waals surface area (Å²) in [5.74, 6) is -1.68. The molecule has 1 aliphatic carbocycles. The number of nitrogens with one attached hydrogen (secondary N) is 2. The fourth-order valence-electron chi connectivity index (χ4n) is 2.57. The zero-order valence-corrected chi connectivity index (χ0v) is 11.8. The van der Waals surface area contributed by atoms with Crippen molar-refractivity contribution in [1.82, 2.24) is 10.8 Å². The largest absolute Gasteiger partial charge is 0.480 e. The number of aliphatic hydroxyl groups is 1. The molecule has 2 unspecified atom stereocenters. The van der Waals surface area contributed by atoms with Gasteiger partial charge in [-0.15, -0.1) is 0 Å². The highest BCUT2D eigenvalue weighted by molar-refractivity contribution is 5.90. The van der Waals surface area contributed by atoms with Gasteiger partial charge in [0.15, 0.2) is 0 Å². The number of hydroxylamine groups is 1. The number of hydrogen-bond acceptors (Lipinski definition) is 5. The Morgan fingerprint density at radius 3 is 2.82 bits per heavy atom. The lowest BCUT2D eigenvalue weighted by Crippen LogP contribution is -2.41. The molecular formula is C15H18N2O5. The maximum atomic E-state index is 11.0. The van der Waals surface area contributed by atoms with Crippen molar-refractivity contribution in [2.75, 3.05) is 6.61 Å². The number of rotatable bonds is 6. The number of aliphatic hydroxyl groups excluding tert-OH is 1. The van der Waals surface area contributed by atoms with E-state index >= 15 is 0 Å². The molecular weight excluding hydrogens is 288 g/mol. The van der Waals surface area contributed by atoms with Crippen LogP contribution in [0.15, 0.2) is 24.3 Å². The van der Waals surface area contributed by atoms with Crippen LogP contribution in [-0.4, -0.2) is 39.9 Å². The summed E-state index contributed by atoms with van der Waals surface area (Å²) in [5.41, 5.74) is 4.42. The smallest absolute Gasteiger partial charge is 0.323 e. The molecule has 0 saturated carbocycles. The molecule has 1 aliphatic rings. The Labute approximate surface area is 127 Å². The average Bonchev–Trinajstić information content (AvgIpc) is 2.92. The third-order valence-electron chi connectivity index (χ3n) is 3.67. The van der Waals surface area contributed by atoms with Gasteiger partial charge in [0.05, 0.1) is 6.61 Å². The molecule has 7 heteroatoms. The predicted molar refractivity (Wildman–Crippen MR) is 78.1 cm³/mol. The Kier molecular flexibility index (Phi) is 5.26. The molecule has 1 amide bonds. The van der Waals surface area contributed by atoms with E-state index in [-0.39, 0.29) is 6.04 Å². The van der Waals surface area contributed by atoms with Gasteiger partial charge < -0.3 is 10.2 Å². The summed E-state index contributed by atoms with van der Waals surface area (Å²) in [6, 6.07) is 4.53. The first-order valence-electron chi connectivity index (χ1n) is 6.90. The van der Waals surface area contributed by atoms with Crippen molar-refractivity contribution in [2.24, 2.45) is 0 Å². The van der Waals surface area contributed by atoms with Crippen LogP contribution in [-0.2, 0) is 16.0 Å². The summed E-state index contributed by atoms with van der Waals surface area (Å²) < 4.78 is 0. The minimum atomic E-state index is -1.08. The van der Waals surface area contributed by atoms with Crippen LogP contribution in [0.3, 0.4) is 0 Å². The lowest BCUT2D eigenvalue weighted by Gasteiger charge is -2.18. The molecule has 2 rings (SSSR count). The van der Waals surface area contributed by atoms with Gasteiger partial charge in [-0.05, 0) is 35.6 Å². The van der Waals surface area contributed by atoms with E-state index < -0.39 is 24.5 Å². The molecule has 0 heterocycles. The van der Waals surface area contributed by atoms with Crippen LogP contribution in [0, 0.1) is 0 Å². The Morgan fingerprint density at radius 2 is 2.18 bits per heavy atom. The second kappa shape index (κ2) is 7.17. The molecule has 0 aliphatic heterocycles. The summed E-state index contributed by atoms with van der Waals surface area (Å²) in [6.07, 6.45) is 4.35. The summed E-state index contributed by atoms with van der Waals surface area (Å²) >= 11 is 0. The van der Waals surface area contributed by atoms with Gasteiger partial charge in [-0.3, -0.25) is 20.1 Å². The maximum absolute atomic E-state index is 11.0. The van der Waals surface area contributed by atoms with E-state index in [2.05, 4.69) is 5.32 Å². The fraction of sp³-hybridized carbons (Fsp3) is 0.333. The molecule has 0 saturated heterocycles. The molecule has 0 fully saturated rings. The number of aliphatic carboxylic acids is 1. The quantitative estimate of drug-likeness (QED) is 0.291. The van der Waals surface area contributed by atoms with Gasteiger partial charge in [0.25, 0.3) is 5.91 Å². The molecule has 0 bridgehead atoms. The zero-order valence-electron chi connectivity index (χ0n) is 11.8. The Hall–Kier alpha value is -2.22. The normalized spacial score (nSPS) is 18.2. The summed E-state index contributed by atoms with van der Waals surface area (Å²) in [6.45, 7) is -0.460. The minimum Gasteiger partial charge on any atom is -0.480 e. The van der Waals surface area contributed by atoms with E-state index in [0.717, 1.165) is 29.5 Å². The lowest BCUT2D eigenvalue weighted by molar-refractivity contribution is -0.140. The van der Waals surface area contributed by atoms with Gasteiger partial charge in [-0.1, -0.05) is 18.2 Å². The third-order valence-corrected chi connectivity index (χ3v) is 3.67.